The van der Waals surface area contributed by atoms with Gasteiger partial charge in [0.15, 0.2) is 0 Å². The number of carbonyl (C=O) groups is 8. The number of nitrogens with zero attached hydrogens (tertiary/aromatic N) is 4. The fourth-order valence-corrected chi connectivity index (χ4v) is 11.7. The predicted octanol–water partition coefficient (Wildman–Crippen LogP) is 6.91. The second kappa shape index (κ2) is 50.1. The summed E-state index contributed by atoms with van der Waals surface area (Å²) in [7, 11) is 1.52. The van der Waals surface area contributed by atoms with Crippen molar-refractivity contribution < 1.29 is 76.3 Å². The molecular weight excluding hydrogens is 1230 g/mol. The van der Waals surface area contributed by atoms with Crippen molar-refractivity contribution in [1.29, 1.82) is 0 Å². The third kappa shape index (κ3) is 40.9. The van der Waals surface area contributed by atoms with E-state index in [0.717, 1.165) is 64.3 Å². The molecule has 4 atom stereocenters. The number of rotatable bonds is 50. The van der Waals surface area contributed by atoms with Crippen molar-refractivity contribution in [1.82, 2.24) is 19.6 Å². The molecule has 1 aliphatic heterocycles. The number of hydrogen-bond donors (Lipinski definition) is 1. The molecule has 1 fully saturated rings. The monoisotopic (exact) mass is 1320 g/mol. The molecule has 0 spiro atoms. The van der Waals surface area contributed by atoms with Crippen LogP contribution in [0.3, 0.4) is 0 Å². The maximum Gasteiger partial charge on any atom is 0.309 e. The molecule has 0 N–H and O–H groups in total. The lowest BCUT2D eigenvalue weighted by Gasteiger charge is -2.35. The van der Waals surface area contributed by atoms with Crippen molar-refractivity contribution in [2.45, 2.75) is 112 Å². The van der Waals surface area contributed by atoms with E-state index in [9.17, 15) is 38.4 Å². The molecule has 0 saturated carbocycles. The van der Waals surface area contributed by atoms with Crippen LogP contribution in [0.25, 0.3) is 0 Å². The molecule has 25 heteroatoms. The number of piperazine rings is 1. The van der Waals surface area contributed by atoms with Crippen LogP contribution in [0.2, 0.25) is 0 Å². The van der Waals surface area contributed by atoms with Gasteiger partial charge in [-0.2, -0.15) is 36.2 Å². The number of unbranched alkanes of at least 4 members (excludes halogenated alkanes) is 5. The normalized spacial score (nSPS) is 14.4. The van der Waals surface area contributed by atoms with Gasteiger partial charge in [0, 0.05) is 75.4 Å². The van der Waals surface area contributed by atoms with Crippen LogP contribution in [-0.4, -0.2) is 234 Å². The molecule has 0 aliphatic carbocycles. The molecule has 1 heterocycles. The third-order valence-electron chi connectivity index (χ3n) is 12.9. The fraction of sp³-hybridized carbons (Fsp3) is 0.855. The van der Waals surface area contributed by atoms with Crippen molar-refractivity contribution in [3.8, 4) is 0 Å². The Bertz CT molecular complexity index is 1730. The maximum absolute atomic E-state index is 12.8. The highest BCUT2D eigenvalue weighted by Gasteiger charge is 2.22. The van der Waals surface area contributed by atoms with Gasteiger partial charge in [-0.25, -0.2) is 0 Å². The minimum atomic E-state index is -0.444. The van der Waals surface area contributed by atoms with Crippen LogP contribution >= 0.6 is 66.3 Å². The van der Waals surface area contributed by atoms with Crippen molar-refractivity contribution in [2.75, 3.05) is 166 Å². The topological polar surface area (TPSA) is 223 Å². The number of thiol groups is 1. The van der Waals surface area contributed by atoms with Gasteiger partial charge in [0.05, 0.1) is 49.4 Å². The lowest BCUT2D eigenvalue weighted by atomic mass is 10.1. The smallest absolute Gasteiger partial charge is 0.309 e. The van der Waals surface area contributed by atoms with E-state index in [2.05, 4.69) is 50.6 Å². The molecule has 0 amide bonds. The Morgan fingerprint density at radius 2 is 0.800 bits per heavy atom. The summed E-state index contributed by atoms with van der Waals surface area (Å²) in [5.74, 6) is -0.906. The van der Waals surface area contributed by atoms with E-state index in [-0.39, 0.29) is 120 Å². The number of carbonyl (C=O) groups excluding carboxylic acids is 8. The molecule has 0 aromatic rings. The quantitative estimate of drug-likeness (QED) is 0.0215. The molecule has 464 valence electrons. The standard InChI is InChI=1S/C55H97IN4O16S4/c1-7-8-9-10-11-12-39-79-42-46(4)54(67)75-37-33-71-50(63)17-25-58(24-16-49(62)70-32-36-74-53(66)45(3)41-78-6)20-14-22-60-29-27-59(28-30-60)21-13-19-57(23-15-48(61)69-31-35-73-52(65)44(2)40-77)26-18-51(64)72-34-38-76-55(68)47(5)43-80-56/h44-47,77H,7-43H2,1-6H3. The SMILES string of the molecule is CCCCCCCCSCC(C)C(=O)OCCOC(=O)CCN(CCCN1CCN(CCCN(CCC(=O)OCCOC(=O)C(C)CS)CCC(=O)OCCOC(=O)C(C)CSI)CC1)CCC(=O)OCCOC(=O)C(C)CSC. The number of esters is 8. The predicted molar refractivity (Wildman–Crippen MR) is 327 cm³/mol. The van der Waals surface area contributed by atoms with Crippen LogP contribution in [-0.2, 0) is 76.3 Å². The van der Waals surface area contributed by atoms with Gasteiger partial charge in [0.25, 0.3) is 0 Å². The van der Waals surface area contributed by atoms with E-state index in [1.165, 1.54) is 41.0 Å². The lowest BCUT2D eigenvalue weighted by molar-refractivity contribution is -0.154. The minimum absolute atomic E-state index is 0.0120. The summed E-state index contributed by atoms with van der Waals surface area (Å²) in [6.07, 6.45) is 11.3. The molecule has 0 radical (unpaired) electrons. The Morgan fingerprint density at radius 3 is 1.16 bits per heavy atom. The fourth-order valence-electron chi connectivity index (χ4n) is 7.86. The lowest BCUT2D eigenvalue weighted by Crippen LogP contribution is -2.47. The summed E-state index contributed by atoms with van der Waals surface area (Å²) in [6.45, 7) is 16.8. The van der Waals surface area contributed by atoms with Gasteiger partial charge < -0.3 is 57.5 Å². The molecule has 0 bridgehead atoms. The molecule has 1 saturated heterocycles. The third-order valence-corrected chi connectivity index (χ3v) is 17.3. The Balaban J connectivity index is 2.68. The Morgan fingerprint density at radius 1 is 0.463 bits per heavy atom. The van der Waals surface area contributed by atoms with Gasteiger partial charge in [-0.05, 0) is 78.7 Å². The van der Waals surface area contributed by atoms with Crippen LogP contribution in [0.4, 0.5) is 0 Å². The zero-order chi connectivity index (χ0) is 59.2. The van der Waals surface area contributed by atoms with E-state index in [4.69, 9.17) is 37.9 Å². The average Bonchev–Trinajstić information content (AvgIpc) is 3.44. The maximum atomic E-state index is 12.8. The van der Waals surface area contributed by atoms with Crippen molar-refractivity contribution in [3.63, 3.8) is 0 Å². The van der Waals surface area contributed by atoms with Crippen LogP contribution in [0.1, 0.15) is 112 Å². The van der Waals surface area contributed by atoms with Gasteiger partial charge in [-0.15, -0.1) is 0 Å². The molecule has 1 aliphatic rings. The highest BCUT2D eigenvalue weighted by molar-refractivity contribution is 14.2. The summed E-state index contributed by atoms with van der Waals surface area (Å²) in [5, 5.41) is 0. The summed E-state index contributed by atoms with van der Waals surface area (Å²) in [6, 6.07) is 0. The highest BCUT2D eigenvalue weighted by atomic mass is 127. The van der Waals surface area contributed by atoms with Crippen LogP contribution in [0.15, 0.2) is 0 Å². The largest absolute Gasteiger partial charge is 0.462 e. The van der Waals surface area contributed by atoms with E-state index >= 15 is 0 Å². The molecule has 80 heavy (non-hydrogen) atoms. The summed E-state index contributed by atoms with van der Waals surface area (Å²) >= 11 is 9.55. The summed E-state index contributed by atoms with van der Waals surface area (Å²) < 4.78 is 42.4. The Kier molecular flexibility index (Phi) is 47.4. The minimum Gasteiger partial charge on any atom is -0.462 e. The van der Waals surface area contributed by atoms with E-state index in [1.54, 1.807) is 44.3 Å². The van der Waals surface area contributed by atoms with Gasteiger partial charge >= 0.3 is 47.8 Å². The second-order valence-corrected chi connectivity index (χ2v) is 24.8. The number of thioether (sulfide) groups is 2. The zero-order valence-corrected chi connectivity index (χ0v) is 54.3. The van der Waals surface area contributed by atoms with Crippen molar-refractivity contribution in [3.05, 3.63) is 0 Å². The van der Waals surface area contributed by atoms with E-state index in [1.807, 2.05) is 23.0 Å². The van der Waals surface area contributed by atoms with Gasteiger partial charge in [0.1, 0.15) is 52.9 Å². The number of hydrogen-bond acceptors (Lipinski definition) is 24. The van der Waals surface area contributed by atoms with Gasteiger partial charge in [-0.3, -0.25) is 38.4 Å². The van der Waals surface area contributed by atoms with E-state index in [0.29, 0.717) is 62.3 Å². The zero-order valence-electron chi connectivity index (χ0n) is 48.8. The van der Waals surface area contributed by atoms with Crippen LogP contribution in [0, 0.1) is 23.7 Å². The molecule has 0 aromatic heterocycles. The highest BCUT2D eigenvalue weighted by Crippen LogP contribution is 2.17. The Labute approximate surface area is 508 Å². The molecular formula is C55H97IN4O16S4. The van der Waals surface area contributed by atoms with E-state index < -0.39 is 29.8 Å². The van der Waals surface area contributed by atoms with Crippen molar-refractivity contribution >= 4 is 114 Å². The van der Waals surface area contributed by atoms with Crippen molar-refractivity contribution in [2.24, 2.45) is 23.7 Å². The first-order chi connectivity index (χ1) is 38.5. The number of halogens is 1. The first-order valence-electron chi connectivity index (χ1n) is 28.6. The van der Waals surface area contributed by atoms with Gasteiger partial charge in [0.2, 0.25) is 0 Å². The molecule has 0 aromatic carbocycles. The molecule has 20 nitrogen and oxygen atoms in total. The van der Waals surface area contributed by atoms with Crippen LogP contribution < -0.4 is 0 Å². The Hall–Kier alpha value is -2.27. The first-order valence-corrected chi connectivity index (χ1v) is 35.3. The summed E-state index contributed by atoms with van der Waals surface area (Å²) in [5.41, 5.74) is 0. The van der Waals surface area contributed by atoms with Gasteiger partial charge in [-0.1, -0.05) is 75.7 Å². The summed E-state index contributed by atoms with van der Waals surface area (Å²) in [4.78, 5) is 108. The molecule has 1 rings (SSSR count). The first kappa shape index (κ1) is 75.7. The second-order valence-electron chi connectivity index (χ2n) is 20.0. The number of ether oxygens (including phenoxy) is 8. The average molecular weight is 1330 g/mol. The van der Waals surface area contributed by atoms with Crippen LogP contribution in [0.5, 0.6) is 0 Å². The molecule has 4 unspecified atom stereocenters.